The fourth-order valence-electron chi connectivity index (χ4n) is 6.21. The second-order valence-electron chi connectivity index (χ2n) is 8.63. The van der Waals surface area contributed by atoms with Gasteiger partial charge in [0.2, 0.25) is 5.91 Å². The highest BCUT2D eigenvalue weighted by atomic mass is 16.1. The first kappa shape index (κ1) is 15.1. The Labute approximate surface area is 129 Å². The van der Waals surface area contributed by atoms with Gasteiger partial charge >= 0.3 is 0 Å². The predicted molar refractivity (Wildman–Crippen MR) is 86.8 cm³/mol. The van der Waals surface area contributed by atoms with Crippen molar-refractivity contribution < 1.29 is 4.79 Å². The van der Waals surface area contributed by atoms with Gasteiger partial charge in [-0.15, -0.1) is 0 Å². The smallest absolute Gasteiger partial charge is 0.246 e. The van der Waals surface area contributed by atoms with E-state index in [1.54, 1.807) is 0 Å². The topological polar surface area (TPSA) is 29.1 Å². The average molecular weight is 289 g/mol. The largest absolute Gasteiger partial charge is 0.346 e. The van der Waals surface area contributed by atoms with Gasteiger partial charge in [0, 0.05) is 11.1 Å². The molecular formula is C19H31NO. The van der Waals surface area contributed by atoms with Gasteiger partial charge in [0.05, 0.1) is 0 Å². The van der Waals surface area contributed by atoms with E-state index < -0.39 is 0 Å². The van der Waals surface area contributed by atoms with Crippen LogP contribution in [0.15, 0.2) is 12.2 Å². The van der Waals surface area contributed by atoms with Crippen molar-refractivity contribution in [2.24, 2.45) is 29.1 Å². The fraction of sp³-hybridized carbons (Fsp3) is 0.842. The van der Waals surface area contributed by atoms with Crippen LogP contribution >= 0.6 is 0 Å². The van der Waals surface area contributed by atoms with E-state index in [1.165, 1.54) is 32.1 Å². The highest BCUT2D eigenvalue weighted by molar-refractivity contribution is 5.92. The maximum atomic E-state index is 12.4. The summed E-state index contributed by atoms with van der Waals surface area (Å²) in [5.74, 6) is 2.89. The van der Waals surface area contributed by atoms with Crippen molar-refractivity contribution in [2.75, 3.05) is 0 Å². The van der Waals surface area contributed by atoms with Crippen LogP contribution in [0.1, 0.15) is 66.2 Å². The Kier molecular flexibility index (Phi) is 3.50. The normalized spacial score (nSPS) is 45.4. The Morgan fingerprint density at radius 2 is 1.86 bits per heavy atom. The van der Waals surface area contributed by atoms with Gasteiger partial charge in [-0.3, -0.25) is 4.79 Å². The van der Waals surface area contributed by atoms with Crippen LogP contribution in [0.2, 0.25) is 0 Å². The van der Waals surface area contributed by atoms with Crippen molar-refractivity contribution >= 4 is 5.91 Å². The molecule has 1 N–H and O–H groups in total. The standard InChI is InChI=1S/C19H31NO/c1-6-13(4)19(20-17(21)12(2)3)15-7-14-8-16(19)11-18(5,9-14)10-15/h13-16H,2,6-11H2,1,3-5H3,(H,20,21). The van der Waals surface area contributed by atoms with Gasteiger partial charge in [-0.1, -0.05) is 33.8 Å². The van der Waals surface area contributed by atoms with Crippen molar-refractivity contribution in [1.82, 2.24) is 5.32 Å². The zero-order valence-electron chi connectivity index (χ0n) is 14.2. The summed E-state index contributed by atoms with van der Waals surface area (Å²) in [7, 11) is 0. The number of carbonyl (C=O) groups excluding carboxylic acids is 1. The molecule has 0 aromatic carbocycles. The molecule has 0 aromatic rings. The lowest BCUT2D eigenvalue weighted by molar-refractivity contribution is -0.148. The number of rotatable bonds is 4. The van der Waals surface area contributed by atoms with Gasteiger partial charge in [-0.2, -0.15) is 0 Å². The van der Waals surface area contributed by atoms with E-state index in [-0.39, 0.29) is 11.4 Å². The maximum absolute atomic E-state index is 12.4. The van der Waals surface area contributed by atoms with Gasteiger partial charge in [0.1, 0.15) is 0 Å². The average Bonchev–Trinajstić information content (AvgIpc) is 2.39. The minimum Gasteiger partial charge on any atom is -0.346 e. The van der Waals surface area contributed by atoms with Crippen molar-refractivity contribution in [3.63, 3.8) is 0 Å². The predicted octanol–water partition coefficient (Wildman–Crippen LogP) is 4.31. The molecule has 4 rings (SSSR count). The van der Waals surface area contributed by atoms with Crippen LogP contribution in [0, 0.1) is 29.1 Å². The van der Waals surface area contributed by atoms with Crippen LogP contribution < -0.4 is 5.32 Å². The van der Waals surface area contributed by atoms with Gasteiger partial charge in [0.25, 0.3) is 0 Å². The van der Waals surface area contributed by atoms with E-state index in [0.717, 1.165) is 12.3 Å². The Bertz CT molecular complexity index is 450. The Balaban J connectivity index is 1.97. The first-order valence-corrected chi connectivity index (χ1v) is 8.78. The van der Waals surface area contributed by atoms with E-state index in [2.05, 4.69) is 32.7 Å². The molecule has 4 aliphatic carbocycles. The molecule has 4 fully saturated rings. The molecule has 4 bridgehead atoms. The number of nitrogens with one attached hydrogen (secondary N) is 1. The van der Waals surface area contributed by atoms with Crippen LogP contribution in [0.5, 0.6) is 0 Å². The van der Waals surface area contributed by atoms with Gasteiger partial charge < -0.3 is 5.32 Å². The molecule has 21 heavy (non-hydrogen) atoms. The number of hydrogen-bond donors (Lipinski definition) is 1. The molecule has 0 aromatic heterocycles. The summed E-state index contributed by atoms with van der Waals surface area (Å²) in [5, 5.41) is 3.50. The fourth-order valence-corrected chi connectivity index (χ4v) is 6.21. The van der Waals surface area contributed by atoms with Crippen LogP contribution in [-0.2, 0) is 4.79 Å². The van der Waals surface area contributed by atoms with Crippen molar-refractivity contribution in [3.05, 3.63) is 12.2 Å². The summed E-state index contributed by atoms with van der Waals surface area (Å²) in [6, 6.07) is 0. The zero-order chi connectivity index (χ0) is 15.4. The Hall–Kier alpha value is -0.790. The van der Waals surface area contributed by atoms with E-state index >= 15 is 0 Å². The van der Waals surface area contributed by atoms with Crippen molar-refractivity contribution in [2.45, 2.75) is 71.8 Å². The van der Waals surface area contributed by atoms with Crippen LogP contribution in [0.25, 0.3) is 0 Å². The summed E-state index contributed by atoms with van der Waals surface area (Å²) in [6.07, 6.45) is 7.83. The quantitative estimate of drug-likeness (QED) is 0.768. The van der Waals surface area contributed by atoms with Gasteiger partial charge in [0.15, 0.2) is 0 Å². The van der Waals surface area contributed by atoms with Crippen LogP contribution in [0.3, 0.4) is 0 Å². The molecule has 0 radical (unpaired) electrons. The summed E-state index contributed by atoms with van der Waals surface area (Å²) < 4.78 is 0. The molecule has 3 atom stereocenters. The summed E-state index contributed by atoms with van der Waals surface area (Å²) in [6.45, 7) is 12.8. The highest BCUT2D eigenvalue weighted by Gasteiger charge is 2.62. The van der Waals surface area contributed by atoms with Gasteiger partial charge in [-0.05, 0) is 68.1 Å². The van der Waals surface area contributed by atoms with Crippen LogP contribution in [0.4, 0.5) is 0 Å². The lowest BCUT2D eigenvalue weighted by Crippen LogP contribution is -2.70. The third-order valence-corrected chi connectivity index (χ3v) is 6.99. The molecule has 0 spiro atoms. The molecular weight excluding hydrogens is 258 g/mol. The lowest BCUT2D eigenvalue weighted by atomic mass is 9.42. The summed E-state index contributed by atoms with van der Waals surface area (Å²) in [5.41, 5.74) is 1.22. The monoisotopic (exact) mass is 289 g/mol. The van der Waals surface area contributed by atoms with Crippen molar-refractivity contribution in [1.29, 1.82) is 0 Å². The second kappa shape index (κ2) is 4.86. The van der Waals surface area contributed by atoms with E-state index in [4.69, 9.17) is 0 Å². The Morgan fingerprint density at radius 3 is 2.29 bits per heavy atom. The third kappa shape index (κ3) is 2.17. The van der Waals surface area contributed by atoms with E-state index in [1.807, 2.05) is 6.92 Å². The highest BCUT2D eigenvalue weighted by Crippen LogP contribution is 2.65. The second-order valence-corrected chi connectivity index (χ2v) is 8.63. The van der Waals surface area contributed by atoms with Crippen molar-refractivity contribution in [3.8, 4) is 0 Å². The first-order valence-electron chi connectivity index (χ1n) is 8.78. The summed E-state index contributed by atoms with van der Waals surface area (Å²) >= 11 is 0. The molecule has 4 saturated carbocycles. The van der Waals surface area contributed by atoms with Gasteiger partial charge in [-0.25, -0.2) is 0 Å². The number of amides is 1. The minimum atomic E-state index is 0.0290. The first-order chi connectivity index (χ1) is 9.80. The van der Waals surface area contributed by atoms with E-state index in [0.29, 0.717) is 28.7 Å². The van der Waals surface area contributed by atoms with Crippen LogP contribution in [-0.4, -0.2) is 11.4 Å². The molecule has 1 amide bonds. The molecule has 0 heterocycles. The molecule has 4 aliphatic rings. The number of carbonyl (C=O) groups is 1. The minimum absolute atomic E-state index is 0.0290. The third-order valence-electron chi connectivity index (χ3n) is 6.99. The molecule has 3 unspecified atom stereocenters. The zero-order valence-corrected chi connectivity index (χ0v) is 14.2. The van der Waals surface area contributed by atoms with E-state index in [9.17, 15) is 4.79 Å². The number of hydrogen-bond acceptors (Lipinski definition) is 1. The molecule has 2 heteroatoms. The molecule has 0 aliphatic heterocycles. The molecule has 118 valence electrons. The summed E-state index contributed by atoms with van der Waals surface area (Å²) in [4.78, 5) is 12.4. The molecule has 2 nitrogen and oxygen atoms in total. The maximum Gasteiger partial charge on any atom is 0.246 e. The lowest BCUT2D eigenvalue weighted by Gasteiger charge is -2.66. The molecule has 0 saturated heterocycles. The SMILES string of the molecule is C=C(C)C(=O)NC1(C(C)CC)C2CC3CC1CC(C)(C3)C2. The Morgan fingerprint density at radius 1 is 1.29 bits per heavy atom.